The number of aliphatic hydroxyl groups excluding tert-OH is 1. The van der Waals surface area contributed by atoms with E-state index in [1.54, 1.807) is 0 Å². The average molecular weight is 252 g/mol. The molecule has 0 aromatic rings. The van der Waals surface area contributed by atoms with Crippen molar-refractivity contribution in [1.29, 1.82) is 0 Å². The summed E-state index contributed by atoms with van der Waals surface area (Å²) in [6, 6.07) is 0. The van der Waals surface area contributed by atoms with Crippen LogP contribution in [-0.4, -0.2) is 5.11 Å². The minimum Gasteiger partial charge on any atom is -0.513 e. The van der Waals surface area contributed by atoms with Crippen molar-refractivity contribution >= 4 is 0 Å². The first-order valence-electron chi connectivity index (χ1n) is 8.27. The highest BCUT2D eigenvalue weighted by atomic mass is 16.3. The lowest BCUT2D eigenvalue weighted by molar-refractivity contribution is 0.376. The molecule has 106 valence electrons. The van der Waals surface area contributed by atoms with Crippen LogP contribution in [0.2, 0.25) is 0 Å². The Morgan fingerprint density at radius 1 is 0.556 bits per heavy atom. The summed E-state index contributed by atoms with van der Waals surface area (Å²) in [7, 11) is 0. The van der Waals surface area contributed by atoms with E-state index < -0.39 is 0 Å². The van der Waals surface area contributed by atoms with Crippen LogP contribution in [0.4, 0.5) is 0 Å². The van der Waals surface area contributed by atoms with Gasteiger partial charge in [-0.05, 0) is 25.3 Å². The van der Waals surface area contributed by atoms with Crippen LogP contribution < -0.4 is 0 Å². The molecule has 0 aromatic carbocycles. The first-order chi connectivity index (χ1) is 8.89. The zero-order chi connectivity index (χ0) is 12.9. The van der Waals surface area contributed by atoms with Crippen molar-refractivity contribution in [3.05, 3.63) is 11.8 Å². The molecule has 1 aliphatic carbocycles. The van der Waals surface area contributed by atoms with Gasteiger partial charge in [0.15, 0.2) is 0 Å². The van der Waals surface area contributed by atoms with Crippen LogP contribution in [0.25, 0.3) is 0 Å². The molecule has 18 heavy (non-hydrogen) atoms. The van der Waals surface area contributed by atoms with E-state index >= 15 is 0 Å². The molecule has 1 nitrogen and oxygen atoms in total. The third-order valence-corrected chi connectivity index (χ3v) is 4.02. The monoisotopic (exact) mass is 252 g/mol. The predicted molar refractivity (Wildman–Crippen MR) is 80.0 cm³/mol. The number of rotatable bonds is 0. The molecule has 1 rings (SSSR count). The molecule has 0 unspecified atom stereocenters. The Hall–Kier alpha value is -0.460. The van der Waals surface area contributed by atoms with Crippen molar-refractivity contribution in [3.63, 3.8) is 0 Å². The summed E-state index contributed by atoms with van der Waals surface area (Å²) in [6.45, 7) is 0. The molecular formula is C17H32O. The highest BCUT2D eigenvalue weighted by molar-refractivity contribution is 4.90. The number of hydrogen-bond acceptors (Lipinski definition) is 1. The minimum atomic E-state index is 0.638. The molecule has 0 aliphatic heterocycles. The van der Waals surface area contributed by atoms with Crippen LogP contribution in [0, 0.1) is 0 Å². The topological polar surface area (TPSA) is 20.2 Å². The Morgan fingerprint density at radius 3 is 1.44 bits per heavy atom. The molecule has 0 amide bonds. The van der Waals surface area contributed by atoms with Gasteiger partial charge in [-0.25, -0.2) is 0 Å². The summed E-state index contributed by atoms with van der Waals surface area (Å²) in [5.74, 6) is 0.638. The van der Waals surface area contributed by atoms with E-state index in [1.165, 1.54) is 83.5 Å². The van der Waals surface area contributed by atoms with Gasteiger partial charge in [-0.1, -0.05) is 70.6 Å². The molecule has 0 fully saturated rings. The maximum atomic E-state index is 9.73. The molecule has 1 heteroatoms. The molecule has 0 atom stereocenters. The maximum Gasteiger partial charge on any atom is 0.0882 e. The van der Waals surface area contributed by atoms with Gasteiger partial charge in [-0.3, -0.25) is 0 Å². The summed E-state index contributed by atoms with van der Waals surface area (Å²) >= 11 is 0. The largest absolute Gasteiger partial charge is 0.513 e. The van der Waals surface area contributed by atoms with Gasteiger partial charge in [0.05, 0.1) is 5.76 Å². The van der Waals surface area contributed by atoms with Gasteiger partial charge in [0.2, 0.25) is 0 Å². The zero-order valence-electron chi connectivity index (χ0n) is 12.1. The Labute approximate surface area is 114 Å². The third-order valence-electron chi connectivity index (χ3n) is 4.02. The fraction of sp³-hybridized carbons (Fsp3) is 0.882. The molecule has 0 heterocycles. The maximum absolute atomic E-state index is 9.73. The first-order valence-corrected chi connectivity index (χ1v) is 8.27. The summed E-state index contributed by atoms with van der Waals surface area (Å²) in [4.78, 5) is 0. The molecule has 0 aromatic heterocycles. The second-order valence-corrected chi connectivity index (χ2v) is 5.83. The van der Waals surface area contributed by atoms with Crippen molar-refractivity contribution in [1.82, 2.24) is 0 Å². The van der Waals surface area contributed by atoms with Crippen molar-refractivity contribution in [2.45, 2.75) is 96.3 Å². The fourth-order valence-corrected chi connectivity index (χ4v) is 2.77. The molecule has 0 radical (unpaired) electrons. The molecule has 0 spiro atoms. The summed E-state index contributed by atoms with van der Waals surface area (Å²) in [5.41, 5.74) is 0. The van der Waals surface area contributed by atoms with E-state index in [0.29, 0.717) is 5.76 Å². The normalized spacial score (nSPS) is 23.0. The first kappa shape index (κ1) is 15.6. The average Bonchev–Trinajstić information content (AvgIpc) is 2.37. The van der Waals surface area contributed by atoms with Gasteiger partial charge in [-0.2, -0.15) is 0 Å². The van der Waals surface area contributed by atoms with E-state index in [4.69, 9.17) is 0 Å². The van der Waals surface area contributed by atoms with Crippen molar-refractivity contribution < 1.29 is 5.11 Å². The van der Waals surface area contributed by atoms with Crippen LogP contribution in [0.5, 0.6) is 0 Å². The Balaban J connectivity index is 2.17. The van der Waals surface area contributed by atoms with E-state index in [1.807, 2.05) is 0 Å². The zero-order valence-corrected chi connectivity index (χ0v) is 12.1. The van der Waals surface area contributed by atoms with Crippen molar-refractivity contribution in [3.8, 4) is 0 Å². The quantitative estimate of drug-likeness (QED) is 0.537. The SMILES string of the molecule is OC1=CCCCCCCCCCCCCCCC1. The lowest BCUT2D eigenvalue weighted by Gasteiger charge is -2.02. The van der Waals surface area contributed by atoms with Gasteiger partial charge in [-0.15, -0.1) is 0 Å². The highest BCUT2D eigenvalue weighted by Gasteiger charge is 1.97. The molecule has 0 saturated heterocycles. The lowest BCUT2D eigenvalue weighted by atomic mass is 10.0. The van der Waals surface area contributed by atoms with Crippen LogP contribution >= 0.6 is 0 Å². The van der Waals surface area contributed by atoms with E-state index in [-0.39, 0.29) is 0 Å². The summed E-state index contributed by atoms with van der Waals surface area (Å²) < 4.78 is 0. The van der Waals surface area contributed by atoms with Crippen molar-refractivity contribution in [2.24, 2.45) is 0 Å². The molecule has 1 N–H and O–H groups in total. The van der Waals surface area contributed by atoms with Gasteiger partial charge in [0, 0.05) is 6.42 Å². The summed E-state index contributed by atoms with van der Waals surface area (Å²) in [6.07, 6.45) is 21.8. The Bertz CT molecular complexity index is 208. The number of aliphatic hydroxyl groups is 1. The van der Waals surface area contributed by atoms with Crippen molar-refractivity contribution in [2.75, 3.05) is 0 Å². The number of allylic oxidation sites excluding steroid dienone is 2. The van der Waals surface area contributed by atoms with Crippen LogP contribution in [-0.2, 0) is 0 Å². The Kier molecular flexibility index (Phi) is 10.1. The van der Waals surface area contributed by atoms with Crippen LogP contribution in [0.3, 0.4) is 0 Å². The minimum absolute atomic E-state index is 0.638. The van der Waals surface area contributed by atoms with E-state index in [9.17, 15) is 5.11 Å². The van der Waals surface area contributed by atoms with Gasteiger partial charge >= 0.3 is 0 Å². The smallest absolute Gasteiger partial charge is 0.0882 e. The second kappa shape index (κ2) is 11.6. The fourth-order valence-electron chi connectivity index (χ4n) is 2.77. The van der Waals surface area contributed by atoms with E-state index in [0.717, 1.165) is 12.8 Å². The van der Waals surface area contributed by atoms with Gasteiger partial charge < -0.3 is 5.11 Å². The Morgan fingerprint density at radius 2 is 0.944 bits per heavy atom. The highest BCUT2D eigenvalue weighted by Crippen LogP contribution is 2.15. The lowest BCUT2D eigenvalue weighted by Crippen LogP contribution is -1.85. The van der Waals surface area contributed by atoms with Crippen LogP contribution in [0.1, 0.15) is 96.3 Å². The molecule has 1 aliphatic rings. The molecule has 0 saturated carbocycles. The molecular weight excluding hydrogens is 220 g/mol. The summed E-state index contributed by atoms with van der Waals surface area (Å²) in [5, 5.41) is 9.73. The number of hydrogen-bond donors (Lipinski definition) is 1. The van der Waals surface area contributed by atoms with Gasteiger partial charge in [0.1, 0.15) is 0 Å². The van der Waals surface area contributed by atoms with Gasteiger partial charge in [0.25, 0.3) is 0 Å². The van der Waals surface area contributed by atoms with Crippen LogP contribution in [0.15, 0.2) is 11.8 Å². The molecule has 0 bridgehead atoms. The predicted octanol–water partition coefficient (Wildman–Crippen LogP) is 6.29. The van der Waals surface area contributed by atoms with E-state index in [2.05, 4.69) is 6.08 Å². The third kappa shape index (κ3) is 9.56. The standard InChI is InChI=1S/C17H32O/c18-17-15-13-11-9-7-5-3-1-2-4-6-8-10-12-14-16-17/h15,18H,1-14,16H2. The second-order valence-electron chi connectivity index (χ2n) is 5.83.